The van der Waals surface area contributed by atoms with Crippen LogP contribution in [-0.2, 0) is 23.1 Å². The van der Waals surface area contributed by atoms with E-state index in [0.717, 1.165) is 18.1 Å². The van der Waals surface area contributed by atoms with Gasteiger partial charge in [-0.25, -0.2) is 0 Å². The van der Waals surface area contributed by atoms with E-state index < -0.39 is 0 Å². The minimum atomic E-state index is -0.299. The van der Waals surface area contributed by atoms with Gasteiger partial charge in [-0.3, -0.25) is 10.1 Å². The Bertz CT molecular complexity index is 401. The lowest BCUT2D eigenvalue weighted by Gasteiger charge is -2.17. The van der Waals surface area contributed by atoms with E-state index in [1.165, 1.54) is 7.11 Å². The summed E-state index contributed by atoms with van der Waals surface area (Å²) in [5, 5.41) is 11.2. The van der Waals surface area contributed by atoms with Crippen molar-refractivity contribution < 1.29 is 9.53 Å². The second-order valence-electron chi connectivity index (χ2n) is 4.81. The van der Waals surface area contributed by atoms with Crippen LogP contribution in [0.5, 0.6) is 0 Å². The molecule has 1 atom stereocenters. The van der Waals surface area contributed by atoms with Gasteiger partial charge in [-0.2, -0.15) is 0 Å². The number of nitrogens with zero attached hydrogens (tertiary/aromatic N) is 3. The SMILES string of the molecule is COC(=O)C(CC(C)C)NCc1nnc(C)n1C. The molecule has 102 valence electrons. The van der Waals surface area contributed by atoms with E-state index in [9.17, 15) is 4.79 Å². The van der Waals surface area contributed by atoms with Crippen LogP contribution in [0.2, 0.25) is 0 Å². The van der Waals surface area contributed by atoms with Crippen LogP contribution in [0.25, 0.3) is 0 Å². The topological polar surface area (TPSA) is 69.0 Å². The summed E-state index contributed by atoms with van der Waals surface area (Å²) in [5.41, 5.74) is 0. The molecule has 0 fully saturated rings. The lowest BCUT2D eigenvalue weighted by Crippen LogP contribution is -2.38. The van der Waals surface area contributed by atoms with E-state index in [4.69, 9.17) is 4.74 Å². The van der Waals surface area contributed by atoms with Crippen LogP contribution in [0.4, 0.5) is 0 Å². The predicted octanol–water partition coefficient (Wildman–Crippen LogP) is 0.801. The van der Waals surface area contributed by atoms with Crippen molar-refractivity contribution in [2.45, 2.75) is 39.8 Å². The molecule has 18 heavy (non-hydrogen) atoms. The Labute approximate surface area is 108 Å². The second kappa shape index (κ2) is 6.49. The Balaban J connectivity index is 2.61. The smallest absolute Gasteiger partial charge is 0.322 e. The first kappa shape index (κ1) is 14.6. The molecule has 0 amide bonds. The molecule has 0 saturated heterocycles. The molecule has 6 nitrogen and oxygen atoms in total. The highest BCUT2D eigenvalue weighted by atomic mass is 16.5. The van der Waals surface area contributed by atoms with Crippen molar-refractivity contribution in [3.63, 3.8) is 0 Å². The number of aryl methyl sites for hydroxylation is 1. The molecule has 1 N–H and O–H groups in total. The highest BCUT2D eigenvalue weighted by Crippen LogP contribution is 2.07. The minimum Gasteiger partial charge on any atom is -0.468 e. The zero-order chi connectivity index (χ0) is 13.7. The number of nitrogens with one attached hydrogen (secondary N) is 1. The zero-order valence-electron chi connectivity index (χ0n) is 11.7. The lowest BCUT2D eigenvalue weighted by molar-refractivity contribution is -0.143. The number of carbonyl (C=O) groups is 1. The van der Waals surface area contributed by atoms with Gasteiger partial charge in [-0.05, 0) is 19.3 Å². The average molecular weight is 254 g/mol. The molecular weight excluding hydrogens is 232 g/mol. The molecule has 0 aromatic carbocycles. The number of hydrogen-bond donors (Lipinski definition) is 1. The quantitative estimate of drug-likeness (QED) is 0.760. The van der Waals surface area contributed by atoms with Crippen LogP contribution in [0, 0.1) is 12.8 Å². The van der Waals surface area contributed by atoms with Crippen molar-refractivity contribution in [3.8, 4) is 0 Å². The molecule has 0 saturated carbocycles. The van der Waals surface area contributed by atoms with Gasteiger partial charge in [0.1, 0.15) is 17.7 Å². The Morgan fingerprint density at radius 3 is 2.56 bits per heavy atom. The predicted molar refractivity (Wildman–Crippen MR) is 67.8 cm³/mol. The Morgan fingerprint density at radius 1 is 1.44 bits per heavy atom. The second-order valence-corrected chi connectivity index (χ2v) is 4.81. The van der Waals surface area contributed by atoms with Crippen molar-refractivity contribution in [2.24, 2.45) is 13.0 Å². The zero-order valence-corrected chi connectivity index (χ0v) is 11.7. The monoisotopic (exact) mass is 254 g/mol. The average Bonchev–Trinajstić information content (AvgIpc) is 2.64. The minimum absolute atomic E-state index is 0.234. The van der Waals surface area contributed by atoms with Crippen molar-refractivity contribution in [1.82, 2.24) is 20.1 Å². The first-order valence-corrected chi connectivity index (χ1v) is 6.11. The number of hydrogen-bond acceptors (Lipinski definition) is 5. The largest absolute Gasteiger partial charge is 0.468 e. The first-order valence-electron chi connectivity index (χ1n) is 6.11. The van der Waals surface area contributed by atoms with Gasteiger partial charge in [0.15, 0.2) is 0 Å². The van der Waals surface area contributed by atoms with Crippen LogP contribution in [0.3, 0.4) is 0 Å². The van der Waals surface area contributed by atoms with Crippen molar-refractivity contribution in [2.75, 3.05) is 7.11 Å². The summed E-state index contributed by atoms with van der Waals surface area (Å²) in [4.78, 5) is 11.6. The Hall–Kier alpha value is -1.43. The van der Waals surface area contributed by atoms with Crippen LogP contribution >= 0.6 is 0 Å². The molecule has 1 heterocycles. The highest BCUT2D eigenvalue weighted by molar-refractivity contribution is 5.75. The van der Waals surface area contributed by atoms with E-state index in [2.05, 4.69) is 29.4 Å². The van der Waals surface area contributed by atoms with Crippen LogP contribution < -0.4 is 5.32 Å². The van der Waals surface area contributed by atoms with E-state index in [0.29, 0.717) is 12.5 Å². The molecule has 1 aromatic heterocycles. The van der Waals surface area contributed by atoms with Crippen molar-refractivity contribution in [3.05, 3.63) is 11.6 Å². The van der Waals surface area contributed by atoms with Crippen LogP contribution in [0.15, 0.2) is 0 Å². The molecular formula is C12H22N4O2. The fourth-order valence-corrected chi connectivity index (χ4v) is 1.70. The molecule has 0 radical (unpaired) electrons. The van der Waals surface area contributed by atoms with Gasteiger partial charge in [-0.1, -0.05) is 13.8 Å². The van der Waals surface area contributed by atoms with E-state index in [-0.39, 0.29) is 12.0 Å². The third-order valence-corrected chi connectivity index (χ3v) is 2.88. The molecule has 0 aliphatic rings. The maximum atomic E-state index is 11.6. The van der Waals surface area contributed by atoms with Gasteiger partial charge in [0.25, 0.3) is 0 Å². The molecule has 0 aliphatic heterocycles. The molecule has 1 rings (SSSR count). The summed E-state index contributed by atoms with van der Waals surface area (Å²) >= 11 is 0. The molecule has 0 bridgehead atoms. The highest BCUT2D eigenvalue weighted by Gasteiger charge is 2.20. The molecule has 1 aromatic rings. The maximum Gasteiger partial charge on any atom is 0.322 e. The van der Waals surface area contributed by atoms with Crippen molar-refractivity contribution >= 4 is 5.97 Å². The Kier molecular flexibility index (Phi) is 5.27. The number of carbonyl (C=O) groups excluding carboxylic acids is 1. The first-order chi connectivity index (χ1) is 8.45. The van der Waals surface area contributed by atoms with Gasteiger partial charge in [0.05, 0.1) is 13.7 Å². The number of aromatic nitrogens is 3. The summed E-state index contributed by atoms with van der Waals surface area (Å²) < 4.78 is 6.69. The number of rotatable bonds is 6. The van der Waals surface area contributed by atoms with Crippen molar-refractivity contribution in [1.29, 1.82) is 0 Å². The lowest BCUT2D eigenvalue weighted by atomic mass is 10.0. The molecule has 6 heteroatoms. The normalized spacial score (nSPS) is 12.8. The number of esters is 1. The third kappa shape index (κ3) is 3.80. The molecule has 0 aliphatic carbocycles. The van der Waals surface area contributed by atoms with Gasteiger partial charge in [0, 0.05) is 7.05 Å². The fourth-order valence-electron chi connectivity index (χ4n) is 1.70. The third-order valence-electron chi connectivity index (χ3n) is 2.88. The number of ether oxygens (including phenoxy) is 1. The Morgan fingerprint density at radius 2 is 2.11 bits per heavy atom. The standard InChI is InChI=1S/C12H22N4O2/c1-8(2)6-10(12(17)18-5)13-7-11-15-14-9(3)16(11)4/h8,10,13H,6-7H2,1-5H3. The van der Waals surface area contributed by atoms with Crippen LogP contribution in [0.1, 0.15) is 31.9 Å². The van der Waals surface area contributed by atoms with E-state index >= 15 is 0 Å². The summed E-state index contributed by atoms with van der Waals surface area (Å²) in [6.07, 6.45) is 0.740. The van der Waals surface area contributed by atoms with Crippen LogP contribution in [-0.4, -0.2) is 33.9 Å². The van der Waals surface area contributed by atoms with Gasteiger partial charge >= 0.3 is 5.97 Å². The van der Waals surface area contributed by atoms with E-state index in [1.54, 1.807) is 0 Å². The fraction of sp³-hybridized carbons (Fsp3) is 0.750. The number of methoxy groups -OCH3 is 1. The molecule has 0 spiro atoms. The molecule has 1 unspecified atom stereocenters. The summed E-state index contributed by atoms with van der Waals surface area (Å²) in [6.45, 7) is 6.54. The maximum absolute atomic E-state index is 11.6. The van der Waals surface area contributed by atoms with Gasteiger partial charge in [-0.15, -0.1) is 10.2 Å². The van der Waals surface area contributed by atoms with Gasteiger partial charge in [0.2, 0.25) is 0 Å². The van der Waals surface area contributed by atoms with E-state index in [1.807, 2.05) is 18.5 Å². The van der Waals surface area contributed by atoms with Gasteiger partial charge < -0.3 is 9.30 Å². The summed E-state index contributed by atoms with van der Waals surface area (Å²) in [6, 6.07) is -0.299. The summed E-state index contributed by atoms with van der Waals surface area (Å²) in [5.74, 6) is 1.85. The summed E-state index contributed by atoms with van der Waals surface area (Å²) in [7, 11) is 3.31.